The molecule has 110 valence electrons. The monoisotopic (exact) mass is 308 g/mol. The van der Waals surface area contributed by atoms with E-state index in [1.54, 1.807) is 38.1 Å². The number of hydrogen-bond acceptors (Lipinski definition) is 4. The van der Waals surface area contributed by atoms with Gasteiger partial charge in [-0.1, -0.05) is 16.8 Å². The Morgan fingerprint density at radius 2 is 1.95 bits per heavy atom. The fourth-order valence-corrected chi connectivity index (χ4v) is 1.92. The predicted molar refractivity (Wildman–Crippen MR) is 76.5 cm³/mol. The molecule has 8 heteroatoms. The lowest BCUT2D eigenvalue weighted by molar-refractivity contribution is -0.119. The van der Waals surface area contributed by atoms with Gasteiger partial charge in [0.05, 0.1) is 5.69 Å². The number of carboxylic acid groups (broad SMARTS) is 1. The van der Waals surface area contributed by atoms with Crippen molar-refractivity contribution in [3.63, 3.8) is 0 Å². The molecule has 1 aromatic carbocycles. The number of anilines is 1. The Kier molecular flexibility index (Phi) is 4.23. The first-order chi connectivity index (χ1) is 9.90. The Labute approximate surface area is 125 Å². The van der Waals surface area contributed by atoms with Crippen LogP contribution in [0.25, 0.3) is 0 Å². The number of carbonyl (C=O) groups excluding carboxylic acids is 1. The van der Waals surface area contributed by atoms with Gasteiger partial charge in [-0.2, -0.15) is 0 Å². The molecule has 0 aliphatic carbocycles. The zero-order valence-corrected chi connectivity index (χ0v) is 12.1. The second-order valence-corrected chi connectivity index (χ2v) is 4.88. The normalized spacial score (nSPS) is 12.0. The molecule has 0 aliphatic rings. The van der Waals surface area contributed by atoms with E-state index in [2.05, 4.69) is 15.6 Å². The van der Waals surface area contributed by atoms with Crippen LogP contribution in [0.1, 0.15) is 29.1 Å². The van der Waals surface area contributed by atoms with Crippen LogP contribution in [0.2, 0.25) is 5.02 Å². The summed E-state index contributed by atoms with van der Waals surface area (Å²) in [4.78, 5) is 23.1. The van der Waals surface area contributed by atoms with Gasteiger partial charge in [0.2, 0.25) is 5.91 Å². The summed E-state index contributed by atoms with van der Waals surface area (Å²) in [5.41, 5.74) is 0.745. The fraction of sp³-hybridized carbons (Fsp3) is 0.231. The second-order valence-electron chi connectivity index (χ2n) is 4.45. The number of carbonyl (C=O) groups is 2. The highest BCUT2D eigenvalue weighted by molar-refractivity contribution is 6.30. The van der Waals surface area contributed by atoms with Crippen LogP contribution in [0, 0.1) is 6.92 Å². The van der Waals surface area contributed by atoms with Crippen LogP contribution >= 0.6 is 11.6 Å². The SMILES string of the molecule is Cc1c(C(=O)O)nnn1C(C)C(=O)Nc1ccc(Cl)cc1. The lowest BCUT2D eigenvalue weighted by Crippen LogP contribution is -2.25. The molecule has 0 aliphatic heterocycles. The summed E-state index contributed by atoms with van der Waals surface area (Å²) in [5, 5.41) is 19.5. The Balaban J connectivity index is 2.16. The van der Waals surface area contributed by atoms with Crippen molar-refractivity contribution < 1.29 is 14.7 Å². The number of halogens is 1. The molecule has 7 nitrogen and oxygen atoms in total. The van der Waals surface area contributed by atoms with Crippen molar-refractivity contribution in [3.8, 4) is 0 Å². The van der Waals surface area contributed by atoms with Gasteiger partial charge in [0.1, 0.15) is 6.04 Å². The third-order valence-electron chi connectivity index (χ3n) is 2.99. The zero-order valence-electron chi connectivity index (χ0n) is 11.4. The van der Waals surface area contributed by atoms with Gasteiger partial charge >= 0.3 is 5.97 Å². The molecule has 0 bridgehead atoms. The molecule has 1 unspecified atom stereocenters. The lowest BCUT2D eigenvalue weighted by Gasteiger charge is -2.13. The molecule has 0 radical (unpaired) electrons. The van der Waals surface area contributed by atoms with Crippen molar-refractivity contribution in [2.45, 2.75) is 19.9 Å². The third-order valence-corrected chi connectivity index (χ3v) is 3.24. The van der Waals surface area contributed by atoms with Crippen LogP contribution in [-0.4, -0.2) is 32.0 Å². The number of aromatic carboxylic acids is 1. The second kappa shape index (κ2) is 5.92. The van der Waals surface area contributed by atoms with Crippen LogP contribution in [0.15, 0.2) is 24.3 Å². The van der Waals surface area contributed by atoms with E-state index in [9.17, 15) is 9.59 Å². The zero-order chi connectivity index (χ0) is 15.6. The number of amides is 1. The quantitative estimate of drug-likeness (QED) is 0.902. The third kappa shape index (κ3) is 3.19. The lowest BCUT2D eigenvalue weighted by atomic mass is 10.2. The fourth-order valence-electron chi connectivity index (χ4n) is 1.80. The maximum absolute atomic E-state index is 12.1. The van der Waals surface area contributed by atoms with Crippen molar-refractivity contribution >= 4 is 29.2 Å². The number of hydrogen-bond donors (Lipinski definition) is 2. The molecule has 2 N–H and O–H groups in total. The van der Waals surface area contributed by atoms with E-state index in [0.717, 1.165) is 0 Å². The first kappa shape index (κ1) is 15.0. The topological polar surface area (TPSA) is 97.1 Å². The Morgan fingerprint density at radius 3 is 2.48 bits per heavy atom. The van der Waals surface area contributed by atoms with Crippen LogP contribution in [-0.2, 0) is 4.79 Å². The van der Waals surface area contributed by atoms with Crippen LogP contribution in [0.5, 0.6) is 0 Å². The van der Waals surface area contributed by atoms with Gasteiger partial charge in [0.25, 0.3) is 0 Å². The van der Waals surface area contributed by atoms with Gasteiger partial charge < -0.3 is 10.4 Å². The predicted octanol–water partition coefficient (Wildman–Crippen LogP) is 2.14. The Bertz CT molecular complexity index is 681. The molecule has 1 heterocycles. The molecule has 2 aromatic rings. The summed E-state index contributed by atoms with van der Waals surface area (Å²) < 4.78 is 1.27. The van der Waals surface area contributed by atoms with Gasteiger partial charge in [-0.15, -0.1) is 5.10 Å². The first-order valence-corrected chi connectivity index (χ1v) is 6.49. The van der Waals surface area contributed by atoms with E-state index in [1.807, 2.05) is 0 Å². The molecular formula is C13H13ClN4O3. The molecular weight excluding hydrogens is 296 g/mol. The van der Waals surface area contributed by atoms with Gasteiger partial charge in [0.15, 0.2) is 5.69 Å². The molecule has 1 amide bonds. The molecule has 1 aromatic heterocycles. The molecule has 0 saturated heterocycles. The van der Waals surface area contributed by atoms with E-state index < -0.39 is 12.0 Å². The first-order valence-electron chi connectivity index (χ1n) is 6.11. The number of carboxylic acids is 1. The van der Waals surface area contributed by atoms with Gasteiger partial charge in [-0.05, 0) is 38.1 Å². The number of aromatic nitrogens is 3. The maximum atomic E-state index is 12.1. The van der Waals surface area contributed by atoms with Crippen LogP contribution < -0.4 is 5.32 Å². The highest BCUT2D eigenvalue weighted by atomic mass is 35.5. The minimum Gasteiger partial charge on any atom is -0.476 e. The van der Waals surface area contributed by atoms with E-state index >= 15 is 0 Å². The van der Waals surface area contributed by atoms with Crippen LogP contribution in [0.4, 0.5) is 5.69 Å². The summed E-state index contributed by atoms with van der Waals surface area (Å²) in [6, 6.07) is 5.96. The Hall–Kier alpha value is -2.41. The largest absolute Gasteiger partial charge is 0.476 e. The molecule has 0 saturated carbocycles. The smallest absolute Gasteiger partial charge is 0.358 e. The molecule has 1 atom stereocenters. The van der Waals surface area contributed by atoms with Gasteiger partial charge in [-0.25, -0.2) is 9.48 Å². The van der Waals surface area contributed by atoms with E-state index in [0.29, 0.717) is 16.4 Å². The molecule has 0 spiro atoms. The summed E-state index contributed by atoms with van der Waals surface area (Å²) >= 11 is 5.77. The summed E-state index contributed by atoms with van der Waals surface area (Å²) in [6.45, 7) is 3.16. The molecule has 2 rings (SSSR count). The van der Waals surface area contributed by atoms with Crippen molar-refractivity contribution in [2.24, 2.45) is 0 Å². The summed E-state index contributed by atoms with van der Waals surface area (Å²) in [6.07, 6.45) is 0. The van der Waals surface area contributed by atoms with Crippen molar-refractivity contribution in [1.82, 2.24) is 15.0 Å². The van der Waals surface area contributed by atoms with Crippen molar-refractivity contribution in [1.29, 1.82) is 0 Å². The minimum absolute atomic E-state index is 0.166. The van der Waals surface area contributed by atoms with Gasteiger partial charge in [-0.3, -0.25) is 4.79 Å². The number of nitrogens with zero attached hydrogens (tertiary/aromatic N) is 3. The molecule has 0 fully saturated rings. The average Bonchev–Trinajstić information content (AvgIpc) is 2.82. The van der Waals surface area contributed by atoms with Crippen LogP contribution in [0.3, 0.4) is 0 Å². The number of benzene rings is 1. The summed E-state index contributed by atoms with van der Waals surface area (Å²) in [5.74, 6) is -1.51. The highest BCUT2D eigenvalue weighted by Crippen LogP contribution is 2.16. The van der Waals surface area contributed by atoms with E-state index in [-0.39, 0.29) is 11.6 Å². The highest BCUT2D eigenvalue weighted by Gasteiger charge is 2.22. The van der Waals surface area contributed by atoms with Crippen molar-refractivity contribution in [3.05, 3.63) is 40.7 Å². The molecule has 21 heavy (non-hydrogen) atoms. The van der Waals surface area contributed by atoms with E-state index in [4.69, 9.17) is 16.7 Å². The summed E-state index contributed by atoms with van der Waals surface area (Å²) in [7, 11) is 0. The number of nitrogens with one attached hydrogen (secondary N) is 1. The van der Waals surface area contributed by atoms with Crippen molar-refractivity contribution in [2.75, 3.05) is 5.32 Å². The Morgan fingerprint density at radius 1 is 1.33 bits per heavy atom. The van der Waals surface area contributed by atoms with E-state index in [1.165, 1.54) is 4.68 Å². The standard InChI is InChI=1S/C13H13ClN4O3/c1-7-11(13(20)21)16-17-18(7)8(2)12(19)15-10-5-3-9(14)4-6-10/h3-6,8H,1-2H3,(H,15,19)(H,20,21). The number of rotatable bonds is 4. The maximum Gasteiger partial charge on any atom is 0.358 e. The van der Waals surface area contributed by atoms with Gasteiger partial charge in [0, 0.05) is 10.7 Å². The minimum atomic E-state index is -1.18. The average molecular weight is 309 g/mol.